The van der Waals surface area contributed by atoms with E-state index in [0.29, 0.717) is 5.56 Å². The van der Waals surface area contributed by atoms with Gasteiger partial charge in [0.2, 0.25) is 6.04 Å². The summed E-state index contributed by atoms with van der Waals surface area (Å²) in [5, 5.41) is 21.4. The number of methoxy groups -OCH3 is 1. The first-order valence-corrected chi connectivity index (χ1v) is 8.72. The Morgan fingerprint density at radius 1 is 1.23 bits per heavy atom. The number of nitro groups is 1. The standard InChI is InChI=1S/C18H24F3NO4/c1-11(22(24)25)16(23)15-10-13(18(19,20)21)8-9-14(15)17(26-2)12-6-4-3-5-7-12/h8-12,16-17,23H,3-7H2,1-2H3/t11?,16?,17-/m0/s1. The fourth-order valence-electron chi connectivity index (χ4n) is 3.65. The van der Waals surface area contributed by atoms with Crippen molar-refractivity contribution in [2.45, 2.75) is 63.5 Å². The second kappa shape index (κ2) is 8.35. The van der Waals surface area contributed by atoms with Crippen LogP contribution in [0, 0.1) is 16.0 Å². The van der Waals surface area contributed by atoms with Gasteiger partial charge < -0.3 is 9.84 Å². The fraction of sp³-hybridized carbons (Fsp3) is 0.667. The zero-order chi connectivity index (χ0) is 19.5. The smallest absolute Gasteiger partial charge is 0.381 e. The molecule has 1 aromatic rings. The van der Waals surface area contributed by atoms with Crippen LogP contribution in [0.25, 0.3) is 0 Å². The van der Waals surface area contributed by atoms with E-state index in [0.717, 1.165) is 44.2 Å². The van der Waals surface area contributed by atoms with Crippen LogP contribution in [0.15, 0.2) is 18.2 Å². The molecule has 1 saturated carbocycles. The largest absolute Gasteiger partial charge is 0.416 e. The topological polar surface area (TPSA) is 72.6 Å². The van der Waals surface area contributed by atoms with E-state index in [2.05, 4.69) is 0 Å². The molecule has 5 nitrogen and oxygen atoms in total. The molecule has 0 saturated heterocycles. The van der Waals surface area contributed by atoms with Gasteiger partial charge in [-0.3, -0.25) is 10.1 Å². The van der Waals surface area contributed by atoms with Gasteiger partial charge in [-0.25, -0.2) is 0 Å². The van der Waals surface area contributed by atoms with Crippen LogP contribution in [0.2, 0.25) is 0 Å². The molecule has 26 heavy (non-hydrogen) atoms. The van der Waals surface area contributed by atoms with E-state index in [1.54, 1.807) is 0 Å². The Hall–Kier alpha value is -1.67. The molecular formula is C18H24F3NO4. The highest BCUT2D eigenvalue weighted by Gasteiger charge is 2.37. The van der Waals surface area contributed by atoms with Crippen LogP contribution in [0.5, 0.6) is 0 Å². The number of aliphatic hydroxyl groups excluding tert-OH is 1. The third kappa shape index (κ3) is 4.54. The van der Waals surface area contributed by atoms with Crippen LogP contribution in [-0.2, 0) is 10.9 Å². The van der Waals surface area contributed by atoms with Crippen LogP contribution in [0.3, 0.4) is 0 Å². The fourth-order valence-corrected chi connectivity index (χ4v) is 3.65. The minimum Gasteiger partial charge on any atom is -0.381 e. The van der Waals surface area contributed by atoms with E-state index in [9.17, 15) is 28.4 Å². The molecule has 0 aromatic heterocycles. The monoisotopic (exact) mass is 375 g/mol. The summed E-state index contributed by atoms with van der Waals surface area (Å²) in [6.45, 7) is 1.18. The van der Waals surface area contributed by atoms with E-state index in [1.807, 2.05) is 0 Å². The van der Waals surface area contributed by atoms with Crippen molar-refractivity contribution in [1.29, 1.82) is 0 Å². The molecule has 3 atom stereocenters. The quantitative estimate of drug-likeness (QED) is 0.579. The van der Waals surface area contributed by atoms with Gasteiger partial charge in [0.15, 0.2) is 0 Å². The number of alkyl halides is 3. The summed E-state index contributed by atoms with van der Waals surface area (Å²) in [4.78, 5) is 10.3. The first kappa shape index (κ1) is 20.6. The summed E-state index contributed by atoms with van der Waals surface area (Å²) >= 11 is 0. The molecule has 1 aliphatic rings. The Kier molecular flexibility index (Phi) is 6.63. The average Bonchev–Trinajstić information content (AvgIpc) is 2.61. The maximum atomic E-state index is 13.1. The number of halogens is 3. The Balaban J connectivity index is 2.50. The number of aliphatic hydroxyl groups is 1. The molecule has 146 valence electrons. The van der Waals surface area contributed by atoms with E-state index < -0.39 is 34.9 Å². The molecule has 0 amide bonds. The summed E-state index contributed by atoms with van der Waals surface area (Å²) in [5.41, 5.74) is -0.626. The van der Waals surface area contributed by atoms with Gasteiger partial charge in [0, 0.05) is 19.0 Å². The van der Waals surface area contributed by atoms with Crippen LogP contribution >= 0.6 is 0 Å². The Morgan fingerprint density at radius 3 is 2.35 bits per heavy atom. The van der Waals surface area contributed by atoms with Gasteiger partial charge in [0.25, 0.3) is 0 Å². The lowest BCUT2D eigenvalue weighted by Gasteiger charge is -2.32. The SMILES string of the molecule is CO[C@H](c1ccc(C(F)(F)F)cc1C(O)C(C)[N+](=O)[O-])C1CCCCC1. The predicted octanol–water partition coefficient (Wildman–Crippen LogP) is 4.67. The molecule has 0 heterocycles. The lowest BCUT2D eigenvalue weighted by molar-refractivity contribution is -0.531. The van der Waals surface area contributed by atoms with Crippen molar-refractivity contribution in [3.8, 4) is 0 Å². The highest BCUT2D eigenvalue weighted by molar-refractivity contribution is 5.37. The number of rotatable bonds is 6. The third-order valence-corrected chi connectivity index (χ3v) is 5.16. The van der Waals surface area contributed by atoms with E-state index in [1.165, 1.54) is 20.1 Å². The van der Waals surface area contributed by atoms with Crippen LogP contribution < -0.4 is 0 Å². The molecular weight excluding hydrogens is 351 g/mol. The molecule has 2 unspecified atom stereocenters. The first-order chi connectivity index (χ1) is 12.2. The van der Waals surface area contributed by atoms with Crippen LogP contribution in [0.4, 0.5) is 13.2 Å². The zero-order valence-corrected chi connectivity index (χ0v) is 14.8. The summed E-state index contributed by atoms with van der Waals surface area (Å²) in [6.07, 6.45) is -1.88. The lowest BCUT2D eigenvalue weighted by atomic mass is 9.80. The minimum absolute atomic E-state index is 0.0820. The molecule has 0 spiro atoms. The molecule has 0 aliphatic heterocycles. The van der Waals surface area contributed by atoms with Gasteiger partial charge in [0.1, 0.15) is 6.10 Å². The highest BCUT2D eigenvalue weighted by atomic mass is 19.4. The van der Waals surface area contributed by atoms with E-state index >= 15 is 0 Å². The normalized spacial score (nSPS) is 19.8. The Labute approximate surface area is 150 Å². The second-order valence-electron chi connectivity index (χ2n) is 6.87. The van der Waals surface area contributed by atoms with E-state index in [-0.39, 0.29) is 11.5 Å². The zero-order valence-electron chi connectivity index (χ0n) is 14.8. The van der Waals surface area contributed by atoms with Gasteiger partial charge in [0.05, 0.1) is 11.7 Å². The molecule has 0 bridgehead atoms. The number of benzene rings is 1. The average molecular weight is 375 g/mol. The Morgan fingerprint density at radius 2 is 1.85 bits per heavy atom. The van der Waals surface area contributed by atoms with Gasteiger partial charge in [-0.1, -0.05) is 25.3 Å². The van der Waals surface area contributed by atoms with Crippen molar-refractivity contribution < 1.29 is 27.9 Å². The number of ether oxygens (including phenoxy) is 1. The predicted molar refractivity (Wildman–Crippen MR) is 89.2 cm³/mol. The molecule has 2 rings (SSSR count). The lowest BCUT2D eigenvalue weighted by Crippen LogP contribution is -2.27. The highest BCUT2D eigenvalue weighted by Crippen LogP contribution is 2.41. The molecule has 8 heteroatoms. The maximum Gasteiger partial charge on any atom is 0.416 e. The van der Waals surface area contributed by atoms with Crippen molar-refractivity contribution in [3.63, 3.8) is 0 Å². The van der Waals surface area contributed by atoms with Gasteiger partial charge >= 0.3 is 6.18 Å². The van der Waals surface area contributed by atoms with Crippen molar-refractivity contribution in [2.75, 3.05) is 7.11 Å². The van der Waals surface area contributed by atoms with Crippen molar-refractivity contribution in [2.24, 2.45) is 5.92 Å². The molecule has 1 aliphatic carbocycles. The van der Waals surface area contributed by atoms with Crippen molar-refractivity contribution in [3.05, 3.63) is 45.0 Å². The maximum absolute atomic E-state index is 13.1. The number of nitrogens with zero attached hydrogens (tertiary/aromatic N) is 1. The van der Waals surface area contributed by atoms with Gasteiger partial charge in [-0.05, 0) is 42.0 Å². The number of hydrogen-bond acceptors (Lipinski definition) is 4. The van der Waals surface area contributed by atoms with Crippen LogP contribution in [-0.4, -0.2) is 23.2 Å². The molecule has 1 aromatic carbocycles. The summed E-state index contributed by atoms with van der Waals surface area (Å²) in [5.74, 6) is 0.113. The summed E-state index contributed by atoms with van der Waals surface area (Å²) in [7, 11) is 1.48. The summed E-state index contributed by atoms with van der Waals surface area (Å²) in [6, 6.07) is 1.61. The molecule has 0 radical (unpaired) electrons. The van der Waals surface area contributed by atoms with Crippen molar-refractivity contribution >= 4 is 0 Å². The third-order valence-electron chi connectivity index (χ3n) is 5.16. The summed E-state index contributed by atoms with van der Waals surface area (Å²) < 4.78 is 44.9. The minimum atomic E-state index is -4.60. The van der Waals surface area contributed by atoms with Gasteiger partial charge in [-0.15, -0.1) is 0 Å². The number of hydrogen-bond donors (Lipinski definition) is 1. The molecule has 1 fully saturated rings. The van der Waals surface area contributed by atoms with Crippen molar-refractivity contribution in [1.82, 2.24) is 0 Å². The second-order valence-corrected chi connectivity index (χ2v) is 6.87. The Bertz CT molecular complexity index is 629. The van der Waals surface area contributed by atoms with Gasteiger partial charge in [-0.2, -0.15) is 13.2 Å². The van der Waals surface area contributed by atoms with Crippen LogP contribution in [0.1, 0.15) is 67.9 Å². The first-order valence-electron chi connectivity index (χ1n) is 8.72. The van der Waals surface area contributed by atoms with E-state index in [4.69, 9.17) is 4.74 Å². The molecule has 1 N–H and O–H groups in total.